The van der Waals surface area contributed by atoms with Crippen molar-refractivity contribution in [3.8, 4) is 12.3 Å². The van der Waals surface area contributed by atoms with Gasteiger partial charge in [-0.3, -0.25) is 0 Å². The number of hydrogen-bond donors (Lipinski definition) is 1. The summed E-state index contributed by atoms with van der Waals surface area (Å²) in [6, 6.07) is 4.60. The summed E-state index contributed by atoms with van der Waals surface area (Å²) in [5, 5.41) is 9.65. The van der Waals surface area contributed by atoms with E-state index in [-0.39, 0.29) is 5.82 Å². The highest BCUT2D eigenvalue weighted by molar-refractivity contribution is 5.25. The van der Waals surface area contributed by atoms with Gasteiger partial charge in [0.15, 0.2) is 0 Å². The highest BCUT2D eigenvalue weighted by atomic mass is 19.1. The van der Waals surface area contributed by atoms with E-state index in [4.69, 9.17) is 6.42 Å². The Hall–Kier alpha value is -1.33. The van der Waals surface area contributed by atoms with Gasteiger partial charge in [0.1, 0.15) is 5.82 Å². The van der Waals surface area contributed by atoms with Crippen LogP contribution in [0.3, 0.4) is 0 Å². The van der Waals surface area contributed by atoms with Crippen LogP contribution in [0.2, 0.25) is 0 Å². The molecule has 1 rings (SSSR count). The molecule has 0 bridgehead atoms. The fourth-order valence-electron chi connectivity index (χ4n) is 1.26. The minimum Gasteiger partial charge on any atom is -0.388 e. The summed E-state index contributed by atoms with van der Waals surface area (Å²) in [6.45, 7) is 1.67. The van der Waals surface area contributed by atoms with Crippen LogP contribution in [0, 0.1) is 25.1 Å². The molecule has 1 N–H and O–H groups in total. The molecule has 1 aromatic rings. The molecule has 0 spiro atoms. The molecule has 14 heavy (non-hydrogen) atoms. The molecule has 0 amide bonds. The van der Waals surface area contributed by atoms with Crippen LogP contribution in [0.25, 0.3) is 0 Å². The molecule has 2 heteroatoms. The predicted octanol–water partition coefficient (Wildman–Crippen LogP) is 2.58. The Bertz CT molecular complexity index is 352. The Labute approximate surface area is 83.6 Å². The molecule has 74 valence electrons. The number of aryl methyl sites for hydroxylation is 1. The molecule has 0 fully saturated rings. The number of terminal acetylenes is 1. The second kappa shape index (κ2) is 4.78. The van der Waals surface area contributed by atoms with E-state index < -0.39 is 6.10 Å². The monoisotopic (exact) mass is 192 g/mol. The predicted molar refractivity (Wildman–Crippen MR) is 54.2 cm³/mol. The Morgan fingerprint density at radius 1 is 1.57 bits per heavy atom. The largest absolute Gasteiger partial charge is 0.388 e. The van der Waals surface area contributed by atoms with Gasteiger partial charge in [-0.15, -0.1) is 12.3 Å². The Kier molecular flexibility index (Phi) is 3.67. The van der Waals surface area contributed by atoms with Gasteiger partial charge in [-0.25, -0.2) is 4.39 Å². The Balaban J connectivity index is 2.76. The van der Waals surface area contributed by atoms with Crippen LogP contribution < -0.4 is 0 Å². The number of halogens is 1. The maximum Gasteiger partial charge on any atom is 0.126 e. The number of benzene rings is 1. The molecule has 0 aliphatic carbocycles. The second-order valence-corrected chi connectivity index (χ2v) is 3.27. The summed E-state index contributed by atoms with van der Waals surface area (Å²) >= 11 is 0. The van der Waals surface area contributed by atoms with E-state index in [1.165, 1.54) is 6.07 Å². The third-order valence-corrected chi connectivity index (χ3v) is 2.13. The van der Waals surface area contributed by atoms with Crippen molar-refractivity contribution in [2.24, 2.45) is 0 Å². The first-order chi connectivity index (χ1) is 6.65. The fraction of sp³-hybridized carbons (Fsp3) is 0.333. The van der Waals surface area contributed by atoms with Gasteiger partial charge in [0.2, 0.25) is 0 Å². The normalized spacial score (nSPS) is 12.1. The lowest BCUT2D eigenvalue weighted by Gasteiger charge is -2.10. The van der Waals surface area contributed by atoms with E-state index in [1.54, 1.807) is 19.1 Å². The lowest BCUT2D eigenvalue weighted by molar-refractivity contribution is 0.169. The van der Waals surface area contributed by atoms with Crippen molar-refractivity contribution < 1.29 is 9.50 Å². The third-order valence-electron chi connectivity index (χ3n) is 2.13. The number of aliphatic hydroxyl groups excluding tert-OH is 1. The van der Waals surface area contributed by atoms with Gasteiger partial charge >= 0.3 is 0 Å². The molecule has 1 nitrogen and oxygen atoms in total. The van der Waals surface area contributed by atoms with Crippen LogP contribution >= 0.6 is 0 Å². The SMILES string of the molecule is C#CCCC(O)c1ccc(F)c(C)c1. The van der Waals surface area contributed by atoms with E-state index >= 15 is 0 Å². The van der Waals surface area contributed by atoms with Gasteiger partial charge in [0.25, 0.3) is 0 Å². The summed E-state index contributed by atoms with van der Waals surface area (Å²) in [4.78, 5) is 0. The van der Waals surface area contributed by atoms with Crippen molar-refractivity contribution in [3.05, 3.63) is 35.1 Å². The Morgan fingerprint density at radius 3 is 2.86 bits per heavy atom. The van der Waals surface area contributed by atoms with Crippen molar-refractivity contribution in [3.63, 3.8) is 0 Å². The van der Waals surface area contributed by atoms with Crippen LogP contribution in [-0.4, -0.2) is 5.11 Å². The molecule has 0 saturated carbocycles. The van der Waals surface area contributed by atoms with Gasteiger partial charge < -0.3 is 5.11 Å². The molecule has 0 heterocycles. The highest BCUT2D eigenvalue weighted by Gasteiger charge is 2.07. The molecular formula is C12H13FO. The summed E-state index contributed by atoms with van der Waals surface area (Å²) in [5.74, 6) is 2.21. The summed E-state index contributed by atoms with van der Waals surface area (Å²) in [5.41, 5.74) is 1.27. The van der Waals surface area contributed by atoms with Crippen molar-refractivity contribution in [2.75, 3.05) is 0 Å². The first kappa shape index (κ1) is 10.7. The van der Waals surface area contributed by atoms with Crippen LogP contribution in [0.15, 0.2) is 18.2 Å². The number of hydrogen-bond acceptors (Lipinski definition) is 1. The molecule has 0 aliphatic heterocycles. The molecule has 1 unspecified atom stereocenters. The first-order valence-electron chi connectivity index (χ1n) is 4.52. The van der Waals surface area contributed by atoms with Gasteiger partial charge in [-0.05, 0) is 30.5 Å². The van der Waals surface area contributed by atoms with Crippen molar-refractivity contribution in [1.29, 1.82) is 0 Å². The highest BCUT2D eigenvalue weighted by Crippen LogP contribution is 2.20. The quantitative estimate of drug-likeness (QED) is 0.730. The zero-order chi connectivity index (χ0) is 10.6. The van der Waals surface area contributed by atoms with E-state index in [1.807, 2.05) is 0 Å². The first-order valence-corrected chi connectivity index (χ1v) is 4.52. The minimum atomic E-state index is -0.592. The van der Waals surface area contributed by atoms with Crippen molar-refractivity contribution in [2.45, 2.75) is 25.9 Å². The molecule has 0 aromatic heterocycles. The van der Waals surface area contributed by atoms with E-state index in [2.05, 4.69) is 5.92 Å². The van der Waals surface area contributed by atoms with E-state index in [0.29, 0.717) is 18.4 Å². The van der Waals surface area contributed by atoms with E-state index in [0.717, 1.165) is 5.56 Å². The fourth-order valence-corrected chi connectivity index (χ4v) is 1.26. The Morgan fingerprint density at radius 2 is 2.29 bits per heavy atom. The van der Waals surface area contributed by atoms with Gasteiger partial charge in [0.05, 0.1) is 6.10 Å². The van der Waals surface area contributed by atoms with Crippen LogP contribution in [0.4, 0.5) is 4.39 Å². The second-order valence-electron chi connectivity index (χ2n) is 3.27. The lowest BCUT2D eigenvalue weighted by Crippen LogP contribution is -1.98. The standard InChI is InChI=1S/C12H13FO/c1-3-4-5-12(14)10-6-7-11(13)9(2)8-10/h1,6-8,12,14H,4-5H2,2H3. The topological polar surface area (TPSA) is 20.2 Å². The minimum absolute atomic E-state index is 0.252. The molecular weight excluding hydrogens is 179 g/mol. The third kappa shape index (κ3) is 2.58. The van der Waals surface area contributed by atoms with Crippen molar-refractivity contribution >= 4 is 0 Å². The zero-order valence-corrected chi connectivity index (χ0v) is 8.13. The molecule has 1 aromatic carbocycles. The maximum atomic E-state index is 12.9. The lowest BCUT2D eigenvalue weighted by atomic mass is 10.0. The number of rotatable bonds is 3. The summed E-state index contributed by atoms with van der Waals surface area (Å²) in [6.07, 6.45) is 5.54. The van der Waals surface area contributed by atoms with Gasteiger partial charge in [0, 0.05) is 6.42 Å². The number of aliphatic hydroxyl groups is 1. The molecule has 0 aliphatic rings. The van der Waals surface area contributed by atoms with E-state index in [9.17, 15) is 9.50 Å². The van der Waals surface area contributed by atoms with Crippen LogP contribution in [0.1, 0.15) is 30.1 Å². The van der Waals surface area contributed by atoms with Crippen molar-refractivity contribution in [1.82, 2.24) is 0 Å². The summed E-state index contributed by atoms with van der Waals surface area (Å²) in [7, 11) is 0. The average molecular weight is 192 g/mol. The molecule has 1 atom stereocenters. The van der Waals surface area contributed by atoms with Crippen LogP contribution in [0.5, 0.6) is 0 Å². The molecule has 0 radical (unpaired) electrons. The summed E-state index contributed by atoms with van der Waals surface area (Å²) < 4.78 is 12.9. The smallest absolute Gasteiger partial charge is 0.126 e. The van der Waals surface area contributed by atoms with Gasteiger partial charge in [-0.2, -0.15) is 0 Å². The zero-order valence-electron chi connectivity index (χ0n) is 8.13. The van der Waals surface area contributed by atoms with Crippen LogP contribution in [-0.2, 0) is 0 Å². The van der Waals surface area contributed by atoms with Gasteiger partial charge in [-0.1, -0.05) is 12.1 Å². The maximum absolute atomic E-state index is 12.9. The molecule has 0 saturated heterocycles. The average Bonchev–Trinajstić information content (AvgIpc) is 2.18.